The number of piperazine rings is 1. The summed E-state index contributed by atoms with van der Waals surface area (Å²) in [7, 11) is 0. The van der Waals surface area contributed by atoms with Gasteiger partial charge in [-0.1, -0.05) is 73.0 Å². The molecule has 35 heavy (non-hydrogen) atoms. The van der Waals surface area contributed by atoms with Crippen molar-refractivity contribution in [3.05, 3.63) is 106 Å². The Morgan fingerprint density at radius 1 is 0.943 bits per heavy atom. The standard InChI is InChI=1S/C32H41FN2/c1-23(2)26(5)31-27(6)35(22-28-9-11-30(33)12-10-28)18-17-34(31)16-15-32(13-7-8-14-32)29-20-24(3)19-25(4)21-29/h9-12,19-21H,1,6-8,13-18,22H2,2-5H3/b31-26-. The van der Waals surface area contributed by atoms with Gasteiger partial charge in [-0.25, -0.2) is 4.39 Å². The van der Waals surface area contributed by atoms with E-state index in [1.54, 1.807) is 0 Å². The van der Waals surface area contributed by atoms with Crippen LogP contribution < -0.4 is 0 Å². The zero-order valence-corrected chi connectivity index (χ0v) is 22.1. The van der Waals surface area contributed by atoms with E-state index in [9.17, 15) is 4.39 Å². The Balaban J connectivity index is 1.56. The fourth-order valence-corrected chi connectivity index (χ4v) is 6.05. The molecule has 0 unspecified atom stereocenters. The van der Waals surface area contributed by atoms with Gasteiger partial charge in [-0.15, -0.1) is 0 Å². The zero-order valence-electron chi connectivity index (χ0n) is 22.1. The minimum Gasteiger partial charge on any atom is -0.368 e. The van der Waals surface area contributed by atoms with Crippen molar-refractivity contribution in [2.45, 2.75) is 71.8 Å². The average Bonchev–Trinajstić information content (AvgIpc) is 3.30. The summed E-state index contributed by atoms with van der Waals surface area (Å²) in [6.07, 6.45) is 6.35. The molecule has 1 aliphatic heterocycles. The van der Waals surface area contributed by atoms with Crippen molar-refractivity contribution in [3.63, 3.8) is 0 Å². The summed E-state index contributed by atoms with van der Waals surface area (Å²) in [6, 6.07) is 14.0. The van der Waals surface area contributed by atoms with Gasteiger partial charge < -0.3 is 9.80 Å². The first-order valence-corrected chi connectivity index (χ1v) is 13.1. The van der Waals surface area contributed by atoms with Crippen molar-refractivity contribution in [1.29, 1.82) is 0 Å². The Morgan fingerprint density at radius 3 is 2.14 bits per heavy atom. The Hall–Kier alpha value is -2.81. The van der Waals surface area contributed by atoms with Crippen LogP contribution in [-0.2, 0) is 12.0 Å². The van der Waals surface area contributed by atoms with Crippen LogP contribution in [0.4, 0.5) is 4.39 Å². The van der Waals surface area contributed by atoms with Gasteiger partial charge >= 0.3 is 0 Å². The van der Waals surface area contributed by atoms with Gasteiger partial charge in [-0.3, -0.25) is 0 Å². The van der Waals surface area contributed by atoms with Crippen molar-refractivity contribution in [2.24, 2.45) is 0 Å². The molecule has 4 rings (SSSR count). The summed E-state index contributed by atoms with van der Waals surface area (Å²) < 4.78 is 13.4. The summed E-state index contributed by atoms with van der Waals surface area (Å²) in [6.45, 7) is 21.1. The lowest BCUT2D eigenvalue weighted by atomic mass is 9.75. The molecule has 2 aliphatic rings. The lowest BCUT2D eigenvalue weighted by Gasteiger charge is -2.43. The van der Waals surface area contributed by atoms with Crippen molar-refractivity contribution in [2.75, 3.05) is 19.6 Å². The molecular weight excluding hydrogens is 431 g/mol. The van der Waals surface area contributed by atoms with Crippen LogP contribution in [0.15, 0.2) is 78.2 Å². The van der Waals surface area contributed by atoms with Crippen LogP contribution in [0.5, 0.6) is 0 Å². The lowest BCUT2D eigenvalue weighted by molar-refractivity contribution is 0.197. The van der Waals surface area contributed by atoms with Crippen LogP contribution in [0.1, 0.15) is 68.2 Å². The third kappa shape index (κ3) is 5.55. The first kappa shape index (κ1) is 25.3. The third-order valence-corrected chi connectivity index (χ3v) is 8.15. The topological polar surface area (TPSA) is 6.48 Å². The highest BCUT2D eigenvalue weighted by Gasteiger charge is 2.37. The molecule has 0 bridgehead atoms. The Morgan fingerprint density at radius 2 is 1.54 bits per heavy atom. The molecular formula is C32H41FN2. The van der Waals surface area contributed by atoms with E-state index in [1.165, 1.54) is 65.8 Å². The quantitative estimate of drug-likeness (QED) is 0.405. The van der Waals surface area contributed by atoms with E-state index in [0.29, 0.717) is 0 Å². The number of halogens is 1. The number of rotatable bonds is 7. The Kier molecular flexibility index (Phi) is 7.54. The first-order valence-electron chi connectivity index (χ1n) is 13.1. The van der Waals surface area contributed by atoms with E-state index in [0.717, 1.165) is 49.4 Å². The maximum Gasteiger partial charge on any atom is 0.123 e. The molecule has 2 nitrogen and oxygen atoms in total. The van der Waals surface area contributed by atoms with Crippen molar-refractivity contribution in [1.82, 2.24) is 9.80 Å². The molecule has 0 amide bonds. The summed E-state index contributed by atoms with van der Waals surface area (Å²) in [5, 5.41) is 0. The van der Waals surface area contributed by atoms with Crippen molar-refractivity contribution in [3.8, 4) is 0 Å². The maximum atomic E-state index is 13.4. The van der Waals surface area contributed by atoms with E-state index in [-0.39, 0.29) is 11.2 Å². The molecule has 0 spiro atoms. The van der Waals surface area contributed by atoms with E-state index in [1.807, 2.05) is 12.1 Å². The van der Waals surface area contributed by atoms with E-state index < -0.39 is 0 Å². The molecule has 1 aliphatic carbocycles. The van der Waals surface area contributed by atoms with Crippen LogP contribution in [0.25, 0.3) is 0 Å². The second-order valence-electron chi connectivity index (χ2n) is 10.8. The van der Waals surface area contributed by atoms with Gasteiger partial charge in [-0.05, 0) is 81.2 Å². The largest absolute Gasteiger partial charge is 0.368 e. The number of hydrogen-bond acceptors (Lipinski definition) is 2. The minimum absolute atomic E-state index is 0.194. The highest BCUT2D eigenvalue weighted by atomic mass is 19.1. The number of aryl methyl sites for hydroxylation is 2. The van der Waals surface area contributed by atoms with Gasteiger partial charge in [-0.2, -0.15) is 0 Å². The van der Waals surface area contributed by atoms with Crippen LogP contribution in [-0.4, -0.2) is 29.4 Å². The minimum atomic E-state index is -0.194. The molecule has 0 aromatic heterocycles. The van der Waals surface area contributed by atoms with Crippen LogP contribution in [0, 0.1) is 19.7 Å². The highest BCUT2D eigenvalue weighted by molar-refractivity contribution is 5.41. The predicted molar refractivity (Wildman–Crippen MR) is 146 cm³/mol. The third-order valence-electron chi connectivity index (χ3n) is 8.15. The summed E-state index contributed by atoms with van der Waals surface area (Å²) in [5.74, 6) is -0.194. The summed E-state index contributed by atoms with van der Waals surface area (Å²) in [5.41, 5.74) is 10.2. The van der Waals surface area contributed by atoms with E-state index in [4.69, 9.17) is 0 Å². The van der Waals surface area contributed by atoms with Crippen LogP contribution in [0.2, 0.25) is 0 Å². The van der Waals surface area contributed by atoms with Crippen molar-refractivity contribution >= 4 is 0 Å². The first-order chi connectivity index (χ1) is 16.7. The van der Waals surface area contributed by atoms with Gasteiger partial charge in [0.05, 0.1) is 11.4 Å². The molecule has 0 atom stereocenters. The zero-order chi connectivity index (χ0) is 25.2. The molecule has 3 heteroatoms. The number of hydrogen-bond donors (Lipinski definition) is 0. The van der Waals surface area contributed by atoms with Gasteiger partial charge in [0.1, 0.15) is 5.82 Å². The van der Waals surface area contributed by atoms with Crippen LogP contribution >= 0.6 is 0 Å². The Labute approximate surface area is 211 Å². The fraction of sp³-hybridized carbons (Fsp3) is 0.438. The molecule has 0 N–H and O–H groups in total. The molecule has 1 heterocycles. The second-order valence-corrected chi connectivity index (χ2v) is 10.8. The van der Waals surface area contributed by atoms with Crippen LogP contribution in [0.3, 0.4) is 0 Å². The summed E-state index contributed by atoms with van der Waals surface area (Å²) >= 11 is 0. The van der Waals surface area contributed by atoms with Gasteiger partial charge in [0.15, 0.2) is 0 Å². The molecule has 1 saturated carbocycles. The SMILES string of the molecule is C=C(C)/C(C)=C1/C(=C)N(Cc2ccc(F)cc2)CCN1CCC1(c2cc(C)cc(C)c2)CCCC1. The average molecular weight is 473 g/mol. The van der Waals surface area contributed by atoms with Gasteiger partial charge in [0, 0.05) is 26.2 Å². The molecule has 2 aromatic rings. The molecule has 186 valence electrons. The monoisotopic (exact) mass is 472 g/mol. The van der Waals surface area contributed by atoms with Gasteiger partial charge in [0.25, 0.3) is 0 Å². The fourth-order valence-electron chi connectivity index (χ4n) is 6.05. The molecule has 0 radical (unpaired) electrons. The number of benzene rings is 2. The van der Waals surface area contributed by atoms with E-state index in [2.05, 4.69) is 68.9 Å². The second kappa shape index (κ2) is 10.4. The van der Waals surface area contributed by atoms with E-state index >= 15 is 0 Å². The van der Waals surface area contributed by atoms with Crippen molar-refractivity contribution < 1.29 is 4.39 Å². The molecule has 1 saturated heterocycles. The molecule has 2 aromatic carbocycles. The normalized spacial score (nSPS) is 19.3. The maximum absolute atomic E-state index is 13.4. The highest BCUT2D eigenvalue weighted by Crippen LogP contribution is 2.45. The number of allylic oxidation sites excluding steroid dienone is 2. The summed E-state index contributed by atoms with van der Waals surface area (Å²) in [4.78, 5) is 4.89. The van der Waals surface area contributed by atoms with Gasteiger partial charge in [0.2, 0.25) is 0 Å². The number of nitrogens with zero attached hydrogens (tertiary/aromatic N) is 2. The lowest BCUT2D eigenvalue weighted by Crippen LogP contribution is -2.44. The predicted octanol–water partition coefficient (Wildman–Crippen LogP) is 7.83. The smallest absolute Gasteiger partial charge is 0.123 e. The molecule has 2 fully saturated rings. The Bertz CT molecular complexity index is 1100.